The van der Waals surface area contributed by atoms with E-state index in [0.29, 0.717) is 26.4 Å². The summed E-state index contributed by atoms with van der Waals surface area (Å²) in [5, 5.41) is 0. The second-order valence-electron chi connectivity index (χ2n) is 4.04. The summed E-state index contributed by atoms with van der Waals surface area (Å²) in [6.45, 7) is 10.2. The summed E-state index contributed by atoms with van der Waals surface area (Å²) >= 11 is 0. The monoisotopic (exact) mass is 227 g/mol. The van der Waals surface area contributed by atoms with Gasteiger partial charge in [0.05, 0.1) is 13.2 Å². The molecule has 2 N–H and O–H groups in total. The average molecular weight is 227 g/mol. The second kappa shape index (κ2) is 9.58. The standard InChI is InChI=1S/C13H25NO2/c1-4-6-13(12-14,7-5-2)8-9-16-11-10-15-3/h4-5H,1-2,6-12,14H2,3H3. The first kappa shape index (κ1) is 15.4. The van der Waals surface area contributed by atoms with Crippen molar-refractivity contribution in [3.05, 3.63) is 25.3 Å². The van der Waals surface area contributed by atoms with Gasteiger partial charge in [0, 0.05) is 13.7 Å². The van der Waals surface area contributed by atoms with Crippen molar-refractivity contribution in [1.29, 1.82) is 0 Å². The molecule has 0 heterocycles. The van der Waals surface area contributed by atoms with E-state index in [2.05, 4.69) is 13.2 Å². The number of rotatable bonds is 11. The Morgan fingerprint density at radius 3 is 2.19 bits per heavy atom. The summed E-state index contributed by atoms with van der Waals surface area (Å²) in [5.74, 6) is 0. The molecule has 0 bridgehead atoms. The number of hydrogen-bond acceptors (Lipinski definition) is 3. The minimum Gasteiger partial charge on any atom is -0.382 e. The third-order valence-electron chi connectivity index (χ3n) is 2.80. The Morgan fingerprint density at radius 1 is 1.12 bits per heavy atom. The molecule has 0 aliphatic heterocycles. The summed E-state index contributed by atoms with van der Waals surface area (Å²) in [7, 11) is 1.67. The second-order valence-corrected chi connectivity index (χ2v) is 4.04. The van der Waals surface area contributed by atoms with Gasteiger partial charge in [0.15, 0.2) is 0 Å². The van der Waals surface area contributed by atoms with Crippen LogP contribution in [0.15, 0.2) is 25.3 Å². The van der Waals surface area contributed by atoms with Crippen molar-refractivity contribution >= 4 is 0 Å². The minimum absolute atomic E-state index is 0.0660. The fourth-order valence-electron chi connectivity index (χ4n) is 1.70. The molecule has 0 aromatic heterocycles. The van der Waals surface area contributed by atoms with Crippen LogP contribution in [-0.4, -0.2) is 33.5 Å². The summed E-state index contributed by atoms with van der Waals surface area (Å²) in [5.41, 5.74) is 5.91. The fourth-order valence-corrected chi connectivity index (χ4v) is 1.70. The Balaban J connectivity index is 3.98. The molecule has 0 saturated carbocycles. The summed E-state index contributed by atoms with van der Waals surface area (Å²) < 4.78 is 10.4. The number of ether oxygens (including phenoxy) is 2. The highest BCUT2D eigenvalue weighted by Crippen LogP contribution is 2.30. The van der Waals surface area contributed by atoms with E-state index >= 15 is 0 Å². The van der Waals surface area contributed by atoms with Crippen LogP contribution >= 0.6 is 0 Å². The minimum atomic E-state index is 0.0660. The molecule has 0 atom stereocenters. The van der Waals surface area contributed by atoms with Gasteiger partial charge in [-0.15, -0.1) is 13.2 Å². The normalized spacial score (nSPS) is 11.4. The Hall–Kier alpha value is -0.640. The topological polar surface area (TPSA) is 44.5 Å². The number of hydrogen-bond donors (Lipinski definition) is 1. The first-order chi connectivity index (χ1) is 7.74. The first-order valence-electron chi connectivity index (χ1n) is 5.73. The predicted octanol–water partition coefficient (Wildman–Crippen LogP) is 2.14. The van der Waals surface area contributed by atoms with E-state index in [0.717, 1.165) is 19.3 Å². The van der Waals surface area contributed by atoms with Crippen molar-refractivity contribution in [2.75, 3.05) is 33.5 Å². The van der Waals surface area contributed by atoms with Gasteiger partial charge in [-0.1, -0.05) is 12.2 Å². The zero-order valence-corrected chi connectivity index (χ0v) is 10.4. The van der Waals surface area contributed by atoms with E-state index in [1.54, 1.807) is 7.11 Å². The Bertz CT molecular complexity index is 182. The Labute approximate surface area is 99.3 Å². The quantitative estimate of drug-likeness (QED) is 0.434. The number of allylic oxidation sites excluding steroid dienone is 2. The number of nitrogens with two attached hydrogens (primary N) is 1. The van der Waals surface area contributed by atoms with Crippen LogP contribution in [0.1, 0.15) is 19.3 Å². The van der Waals surface area contributed by atoms with E-state index in [1.807, 2.05) is 12.2 Å². The van der Waals surface area contributed by atoms with Gasteiger partial charge < -0.3 is 15.2 Å². The summed E-state index contributed by atoms with van der Waals surface area (Å²) in [6.07, 6.45) is 6.59. The highest BCUT2D eigenvalue weighted by atomic mass is 16.5. The molecule has 0 saturated heterocycles. The largest absolute Gasteiger partial charge is 0.382 e. The molecular formula is C13H25NO2. The van der Waals surface area contributed by atoms with Crippen LogP contribution < -0.4 is 5.73 Å². The molecule has 0 aromatic rings. The average Bonchev–Trinajstić information content (AvgIpc) is 2.29. The maximum Gasteiger partial charge on any atom is 0.0700 e. The third kappa shape index (κ3) is 6.05. The highest BCUT2D eigenvalue weighted by molar-refractivity contribution is 4.92. The van der Waals surface area contributed by atoms with Crippen LogP contribution in [0.3, 0.4) is 0 Å². The van der Waals surface area contributed by atoms with Crippen molar-refractivity contribution in [3.63, 3.8) is 0 Å². The van der Waals surface area contributed by atoms with Crippen LogP contribution in [0.2, 0.25) is 0 Å². The zero-order chi connectivity index (χ0) is 12.3. The Morgan fingerprint density at radius 2 is 1.75 bits per heavy atom. The van der Waals surface area contributed by atoms with Gasteiger partial charge in [0.1, 0.15) is 0 Å². The zero-order valence-electron chi connectivity index (χ0n) is 10.4. The maximum absolute atomic E-state index is 5.85. The molecule has 0 aromatic carbocycles. The summed E-state index contributed by atoms with van der Waals surface area (Å²) in [6, 6.07) is 0. The molecule has 0 rings (SSSR count). The molecule has 0 amide bonds. The van der Waals surface area contributed by atoms with Crippen molar-refractivity contribution in [1.82, 2.24) is 0 Å². The smallest absolute Gasteiger partial charge is 0.0700 e. The lowest BCUT2D eigenvalue weighted by atomic mass is 9.78. The maximum atomic E-state index is 5.85. The van der Waals surface area contributed by atoms with Gasteiger partial charge >= 0.3 is 0 Å². The van der Waals surface area contributed by atoms with Gasteiger partial charge in [0.25, 0.3) is 0 Å². The van der Waals surface area contributed by atoms with Gasteiger partial charge in [-0.3, -0.25) is 0 Å². The van der Waals surface area contributed by atoms with Gasteiger partial charge in [0.2, 0.25) is 0 Å². The first-order valence-corrected chi connectivity index (χ1v) is 5.73. The molecule has 0 unspecified atom stereocenters. The molecule has 0 aliphatic carbocycles. The molecule has 0 radical (unpaired) electrons. The van der Waals surface area contributed by atoms with Crippen LogP contribution in [0.5, 0.6) is 0 Å². The SMILES string of the molecule is C=CCC(CN)(CC=C)CCOCCOC. The van der Waals surface area contributed by atoms with E-state index in [9.17, 15) is 0 Å². The molecule has 0 aliphatic rings. The molecular weight excluding hydrogens is 202 g/mol. The van der Waals surface area contributed by atoms with E-state index in [4.69, 9.17) is 15.2 Å². The molecule has 16 heavy (non-hydrogen) atoms. The molecule has 0 spiro atoms. The highest BCUT2D eigenvalue weighted by Gasteiger charge is 2.25. The lowest BCUT2D eigenvalue weighted by molar-refractivity contribution is 0.0526. The van der Waals surface area contributed by atoms with Crippen LogP contribution in [-0.2, 0) is 9.47 Å². The Kier molecular flexibility index (Phi) is 9.19. The lowest BCUT2D eigenvalue weighted by Gasteiger charge is -2.30. The van der Waals surface area contributed by atoms with Gasteiger partial charge in [-0.2, -0.15) is 0 Å². The van der Waals surface area contributed by atoms with E-state index in [1.165, 1.54) is 0 Å². The van der Waals surface area contributed by atoms with Crippen LogP contribution in [0, 0.1) is 5.41 Å². The lowest BCUT2D eigenvalue weighted by Crippen LogP contribution is -2.31. The van der Waals surface area contributed by atoms with Crippen molar-refractivity contribution in [2.24, 2.45) is 11.1 Å². The molecule has 3 heteroatoms. The summed E-state index contributed by atoms with van der Waals surface area (Å²) in [4.78, 5) is 0. The van der Waals surface area contributed by atoms with Crippen LogP contribution in [0.4, 0.5) is 0 Å². The van der Waals surface area contributed by atoms with Gasteiger partial charge in [-0.05, 0) is 31.2 Å². The van der Waals surface area contributed by atoms with Crippen LogP contribution in [0.25, 0.3) is 0 Å². The van der Waals surface area contributed by atoms with E-state index in [-0.39, 0.29) is 5.41 Å². The van der Waals surface area contributed by atoms with Crippen molar-refractivity contribution in [2.45, 2.75) is 19.3 Å². The third-order valence-corrected chi connectivity index (χ3v) is 2.80. The molecule has 94 valence electrons. The molecule has 3 nitrogen and oxygen atoms in total. The van der Waals surface area contributed by atoms with Gasteiger partial charge in [-0.25, -0.2) is 0 Å². The van der Waals surface area contributed by atoms with Crippen molar-refractivity contribution in [3.8, 4) is 0 Å². The number of methoxy groups -OCH3 is 1. The van der Waals surface area contributed by atoms with Crippen molar-refractivity contribution < 1.29 is 9.47 Å². The van der Waals surface area contributed by atoms with E-state index < -0.39 is 0 Å². The predicted molar refractivity (Wildman–Crippen MR) is 68.4 cm³/mol. The fraction of sp³-hybridized carbons (Fsp3) is 0.692. The molecule has 0 fully saturated rings.